The number of nitrogens with zero attached hydrogens (tertiary/aromatic N) is 3. The minimum absolute atomic E-state index is 0.176. The van der Waals surface area contributed by atoms with Crippen LogP contribution in [0.1, 0.15) is 18.1 Å². The van der Waals surface area contributed by atoms with Crippen molar-refractivity contribution in [2.45, 2.75) is 26.1 Å². The summed E-state index contributed by atoms with van der Waals surface area (Å²) in [6, 6.07) is 8.48. The van der Waals surface area contributed by atoms with Gasteiger partial charge in [0.1, 0.15) is 5.82 Å². The first-order valence-electron chi connectivity index (χ1n) is 6.08. The topological polar surface area (TPSA) is 53.6 Å². The first-order chi connectivity index (χ1) is 9.19. The van der Waals surface area contributed by atoms with Gasteiger partial charge in [0.05, 0.1) is 18.2 Å². The van der Waals surface area contributed by atoms with Gasteiger partial charge in [0.25, 0.3) is 0 Å². The summed E-state index contributed by atoms with van der Waals surface area (Å²) in [5.41, 5.74) is 0.900. The summed E-state index contributed by atoms with van der Waals surface area (Å²) < 4.78 is 15.5. The van der Waals surface area contributed by atoms with E-state index >= 15 is 0 Å². The Morgan fingerprint density at radius 2 is 2.37 bits per heavy atom. The average molecular weight is 258 g/mol. The molecule has 0 amide bonds. The molecule has 1 heterocycles. The molecule has 0 spiro atoms. The highest BCUT2D eigenvalue weighted by atomic mass is 19.1. The fraction of sp³-hybridized carbons (Fsp3) is 0.286. The Balaban J connectivity index is 1.90. The molecular formula is C14H15FN4. The lowest BCUT2D eigenvalue weighted by molar-refractivity contribution is 0.445. The zero-order chi connectivity index (χ0) is 13.7. The van der Waals surface area contributed by atoms with Crippen LogP contribution >= 0.6 is 0 Å². The van der Waals surface area contributed by atoms with E-state index in [-0.39, 0.29) is 11.9 Å². The molecular weight excluding hydrogens is 243 g/mol. The van der Waals surface area contributed by atoms with E-state index in [1.807, 2.05) is 29.9 Å². The Bertz CT molecular complexity index is 572. The van der Waals surface area contributed by atoms with Crippen molar-refractivity contribution in [2.24, 2.45) is 0 Å². The average Bonchev–Trinajstić information content (AvgIpc) is 2.90. The molecule has 0 saturated heterocycles. The van der Waals surface area contributed by atoms with E-state index in [1.54, 1.807) is 18.3 Å². The number of rotatable bonds is 5. The van der Waals surface area contributed by atoms with Crippen molar-refractivity contribution in [2.75, 3.05) is 0 Å². The molecule has 1 aromatic heterocycles. The number of benzene rings is 1. The smallest absolute Gasteiger partial charge is 0.129 e. The maximum absolute atomic E-state index is 13.7. The third-order valence-corrected chi connectivity index (χ3v) is 2.84. The van der Waals surface area contributed by atoms with Crippen LogP contribution in [0.4, 0.5) is 4.39 Å². The largest absolute Gasteiger partial charge is 0.308 e. The first-order valence-corrected chi connectivity index (χ1v) is 6.08. The molecule has 0 radical (unpaired) electrons. The summed E-state index contributed by atoms with van der Waals surface area (Å²) in [5, 5.41) is 16.0. The van der Waals surface area contributed by atoms with Crippen LogP contribution in [-0.4, -0.2) is 15.8 Å². The van der Waals surface area contributed by atoms with Gasteiger partial charge >= 0.3 is 0 Å². The molecule has 2 rings (SSSR count). The molecule has 0 aliphatic heterocycles. The second-order valence-corrected chi connectivity index (χ2v) is 4.43. The molecule has 1 N–H and O–H groups in total. The van der Waals surface area contributed by atoms with Crippen LogP contribution in [0.15, 0.2) is 36.7 Å². The normalized spacial score (nSPS) is 12.1. The predicted octanol–water partition coefficient (Wildman–Crippen LogP) is 2.07. The van der Waals surface area contributed by atoms with Crippen LogP contribution in [0, 0.1) is 17.1 Å². The number of nitrogens with one attached hydrogen (secondary N) is 1. The summed E-state index contributed by atoms with van der Waals surface area (Å²) in [6.07, 6.45) is 3.62. The van der Waals surface area contributed by atoms with E-state index in [1.165, 1.54) is 6.07 Å². The van der Waals surface area contributed by atoms with Gasteiger partial charge in [-0.1, -0.05) is 6.07 Å². The van der Waals surface area contributed by atoms with Crippen molar-refractivity contribution in [3.05, 3.63) is 53.6 Å². The van der Waals surface area contributed by atoms with Gasteiger partial charge in [0.2, 0.25) is 0 Å². The van der Waals surface area contributed by atoms with Gasteiger partial charge in [-0.15, -0.1) is 0 Å². The molecule has 0 saturated carbocycles. The molecule has 0 fully saturated rings. The number of halogens is 1. The van der Waals surface area contributed by atoms with Gasteiger partial charge in [-0.05, 0) is 25.1 Å². The maximum Gasteiger partial charge on any atom is 0.129 e. The first kappa shape index (κ1) is 13.2. The van der Waals surface area contributed by atoms with Gasteiger partial charge in [-0.2, -0.15) is 10.4 Å². The lowest BCUT2D eigenvalue weighted by atomic mass is 10.1. The molecule has 5 heteroatoms. The minimum Gasteiger partial charge on any atom is -0.308 e. The van der Waals surface area contributed by atoms with Crippen LogP contribution in [0.3, 0.4) is 0 Å². The van der Waals surface area contributed by atoms with E-state index in [0.29, 0.717) is 17.7 Å². The van der Waals surface area contributed by atoms with Crippen LogP contribution in [0.2, 0.25) is 0 Å². The molecule has 1 atom stereocenters. The van der Waals surface area contributed by atoms with Gasteiger partial charge in [0, 0.05) is 30.5 Å². The quantitative estimate of drug-likeness (QED) is 0.893. The lowest BCUT2D eigenvalue weighted by Crippen LogP contribution is -2.30. The third-order valence-electron chi connectivity index (χ3n) is 2.84. The molecule has 1 aromatic carbocycles. The molecule has 0 aliphatic rings. The summed E-state index contributed by atoms with van der Waals surface area (Å²) in [5.74, 6) is -0.349. The zero-order valence-corrected chi connectivity index (χ0v) is 10.7. The fourth-order valence-corrected chi connectivity index (χ4v) is 1.80. The van der Waals surface area contributed by atoms with E-state index in [2.05, 4.69) is 10.4 Å². The monoisotopic (exact) mass is 258 g/mol. The lowest BCUT2D eigenvalue weighted by Gasteiger charge is -2.14. The highest BCUT2D eigenvalue weighted by Gasteiger charge is 2.06. The number of aromatic nitrogens is 2. The summed E-state index contributed by atoms with van der Waals surface area (Å²) >= 11 is 0. The molecule has 19 heavy (non-hydrogen) atoms. The van der Waals surface area contributed by atoms with Crippen molar-refractivity contribution in [1.29, 1.82) is 5.26 Å². The highest BCUT2D eigenvalue weighted by Crippen LogP contribution is 2.10. The van der Waals surface area contributed by atoms with Crippen molar-refractivity contribution >= 4 is 0 Å². The van der Waals surface area contributed by atoms with Gasteiger partial charge in [-0.25, -0.2) is 4.39 Å². The Kier molecular flexibility index (Phi) is 4.26. The van der Waals surface area contributed by atoms with Gasteiger partial charge in [-0.3, -0.25) is 4.68 Å². The van der Waals surface area contributed by atoms with Gasteiger partial charge < -0.3 is 5.32 Å². The summed E-state index contributed by atoms with van der Waals surface area (Å²) in [7, 11) is 0. The predicted molar refractivity (Wildman–Crippen MR) is 69.6 cm³/mol. The van der Waals surface area contributed by atoms with Crippen molar-refractivity contribution in [1.82, 2.24) is 15.1 Å². The van der Waals surface area contributed by atoms with Gasteiger partial charge in [0.15, 0.2) is 0 Å². The Morgan fingerprint density at radius 1 is 1.53 bits per heavy atom. The van der Waals surface area contributed by atoms with E-state index in [4.69, 9.17) is 5.26 Å². The molecule has 0 aliphatic carbocycles. The maximum atomic E-state index is 13.7. The molecule has 0 bridgehead atoms. The number of hydrogen-bond acceptors (Lipinski definition) is 3. The van der Waals surface area contributed by atoms with Crippen LogP contribution in [0.5, 0.6) is 0 Å². The van der Waals surface area contributed by atoms with Crippen LogP contribution in [-0.2, 0) is 13.1 Å². The van der Waals surface area contributed by atoms with Crippen molar-refractivity contribution in [3.8, 4) is 6.07 Å². The minimum atomic E-state index is -0.349. The highest BCUT2D eigenvalue weighted by molar-refractivity contribution is 5.32. The van der Waals surface area contributed by atoms with Crippen LogP contribution < -0.4 is 5.32 Å². The number of hydrogen-bond donors (Lipinski definition) is 1. The second kappa shape index (κ2) is 6.12. The number of nitriles is 1. The molecule has 2 aromatic rings. The molecule has 1 unspecified atom stereocenters. The van der Waals surface area contributed by atoms with E-state index in [0.717, 1.165) is 6.54 Å². The van der Waals surface area contributed by atoms with E-state index < -0.39 is 0 Å². The van der Waals surface area contributed by atoms with Crippen molar-refractivity contribution < 1.29 is 4.39 Å². The Hall–Kier alpha value is -2.19. The summed E-state index contributed by atoms with van der Waals surface area (Å²) in [6.45, 7) is 3.17. The zero-order valence-electron chi connectivity index (χ0n) is 10.7. The van der Waals surface area contributed by atoms with Crippen molar-refractivity contribution in [3.63, 3.8) is 0 Å². The van der Waals surface area contributed by atoms with E-state index in [9.17, 15) is 4.39 Å². The standard InChI is InChI=1S/C14H15FN4/c1-11(10-19-6-2-5-18-19)17-9-13-4-3-12(8-16)7-14(13)15/h2-7,11,17H,9-10H2,1H3. The summed E-state index contributed by atoms with van der Waals surface area (Å²) in [4.78, 5) is 0. The van der Waals surface area contributed by atoms with Crippen LogP contribution in [0.25, 0.3) is 0 Å². The molecule has 4 nitrogen and oxygen atoms in total. The molecule has 98 valence electrons. The second-order valence-electron chi connectivity index (χ2n) is 4.43. The Labute approximate surface area is 111 Å². The fourth-order valence-electron chi connectivity index (χ4n) is 1.80. The third kappa shape index (κ3) is 3.63. The Morgan fingerprint density at radius 3 is 3.00 bits per heavy atom. The SMILES string of the molecule is CC(Cn1cccn1)NCc1ccc(C#N)cc1F.